The number of benzene rings is 2. The van der Waals surface area contributed by atoms with E-state index in [4.69, 9.17) is 0 Å². The molecule has 1 atom stereocenters. The monoisotopic (exact) mass is 337 g/mol. The molecule has 88 valence electrons. The molecule has 2 aromatic rings. The van der Waals surface area contributed by atoms with E-state index in [-0.39, 0.29) is 0 Å². The van der Waals surface area contributed by atoms with Crippen molar-refractivity contribution >= 4 is 22.6 Å². The molecule has 2 aromatic carbocycles. The molecule has 0 bridgehead atoms. The predicted molar refractivity (Wildman–Crippen MR) is 80.9 cm³/mol. The van der Waals surface area contributed by atoms with Gasteiger partial charge in [0.1, 0.15) is 0 Å². The first kappa shape index (κ1) is 12.6. The van der Waals surface area contributed by atoms with E-state index in [2.05, 4.69) is 89.4 Å². The summed E-state index contributed by atoms with van der Waals surface area (Å²) in [5, 5.41) is 3.55. The molecule has 0 aliphatic heterocycles. The topological polar surface area (TPSA) is 12.0 Å². The Morgan fingerprint density at radius 1 is 1.00 bits per heavy atom. The molecule has 0 aromatic heterocycles. The van der Waals surface area contributed by atoms with Crippen LogP contribution in [0.25, 0.3) is 0 Å². The van der Waals surface area contributed by atoms with Gasteiger partial charge in [0.25, 0.3) is 0 Å². The molecule has 0 spiro atoms. The SMILES string of the molecule is CC(NCc1ccccc1I)c1ccccc1. The zero-order valence-corrected chi connectivity index (χ0v) is 12.0. The highest BCUT2D eigenvalue weighted by Gasteiger charge is 2.04. The highest BCUT2D eigenvalue weighted by molar-refractivity contribution is 14.1. The number of hydrogen-bond donors (Lipinski definition) is 1. The van der Waals surface area contributed by atoms with E-state index in [1.165, 1.54) is 14.7 Å². The standard InChI is InChI=1S/C15H16IN/c1-12(13-7-3-2-4-8-13)17-11-14-9-5-6-10-15(14)16/h2-10,12,17H,11H2,1H3. The molecular formula is C15H16IN. The maximum atomic E-state index is 3.55. The molecule has 17 heavy (non-hydrogen) atoms. The summed E-state index contributed by atoms with van der Waals surface area (Å²) in [6.45, 7) is 3.11. The lowest BCUT2D eigenvalue weighted by molar-refractivity contribution is 0.573. The van der Waals surface area contributed by atoms with Gasteiger partial charge >= 0.3 is 0 Å². The molecular weight excluding hydrogens is 321 g/mol. The largest absolute Gasteiger partial charge is 0.306 e. The Morgan fingerprint density at radius 3 is 2.35 bits per heavy atom. The van der Waals surface area contributed by atoms with Crippen LogP contribution in [0.4, 0.5) is 0 Å². The Labute approximate surface area is 116 Å². The van der Waals surface area contributed by atoms with Gasteiger partial charge in [0, 0.05) is 16.2 Å². The van der Waals surface area contributed by atoms with E-state index in [0.717, 1.165) is 6.54 Å². The van der Waals surface area contributed by atoms with Crippen molar-refractivity contribution in [3.8, 4) is 0 Å². The molecule has 1 nitrogen and oxygen atoms in total. The molecule has 0 amide bonds. The van der Waals surface area contributed by atoms with Crippen molar-refractivity contribution in [1.29, 1.82) is 0 Å². The third-order valence-corrected chi connectivity index (χ3v) is 3.91. The van der Waals surface area contributed by atoms with Crippen LogP contribution < -0.4 is 5.32 Å². The van der Waals surface area contributed by atoms with Crippen molar-refractivity contribution in [3.63, 3.8) is 0 Å². The number of nitrogens with one attached hydrogen (secondary N) is 1. The summed E-state index contributed by atoms with van der Waals surface area (Å²) in [5.41, 5.74) is 2.69. The fourth-order valence-corrected chi connectivity index (χ4v) is 2.34. The highest BCUT2D eigenvalue weighted by Crippen LogP contribution is 2.15. The first-order valence-corrected chi connectivity index (χ1v) is 6.87. The van der Waals surface area contributed by atoms with Gasteiger partial charge in [-0.25, -0.2) is 0 Å². The third-order valence-electron chi connectivity index (χ3n) is 2.86. The van der Waals surface area contributed by atoms with Gasteiger partial charge < -0.3 is 5.32 Å². The van der Waals surface area contributed by atoms with Crippen molar-refractivity contribution in [2.24, 2.45) is 0 Å². The minimum absolute atomic E-state index is 0.382. The second-order valence-electron chi connectivity index (χ2n) is 4.10. The number of hydrogen-bond acceptors (Lipinski definition) is 1. The number of rotatable bonds is 4. The van der Waals surface area contributed by atoms with Gasteiger partial charge in [-0.3, -0.25) is 0 Å². The average molecular weight is 337 g/mol. The first-order valence-electron chi connectivity index (χ1n) is 5.79. The molecule has 0 heterocycles. The number of halogens is 1. The lowest BCUT2D eigenvalue weighted by Gasteiger charge is -2.14. The van der Waals surface area contributed by atoms with E-state index >= 15 is 0 Å². The van der Waals surface area contributed by atoms with Gasteiger partial charge in [-0.05, 0) is 46.7 Å². The summed E-state index contributed by atoms with van der Waals surface area (Å²) in [4.78, 5) is 0. The van der Waals surface area contributed by atoms with Gasteiger partial charge in [0.2, 0.25) is 0 Å². The Hall–Kier alpha value is -0.870. The molecule has 1 N–H and O–H groups in total. The second-order valence-corrected chi connectivity index (χ2v) is 5.27. The van der Waals surface area contributed by atoms with Crippen LogP contribution in [0.3, 0.4) is 0 Å². The van der Waals surface area contributed by atoms with Crippen LogP contribution in [0.2, 0.25) is 0 Å². The Morgan fingerprint density at radius 2 is 1.65 bits per heavy atom. The van der Waals surface area contributed by atoms with Gasteiger partial charge in [-0.2, -0.15) is 0 Å². The van der Waals surface area contributed by atoms with Gasteiger partial charge in [-0.1, -0.05) is 48.5 Å². The zero-order chi connectivity index (χ0) is 12.1. The van der Waals surface area contributed by atoms with Crippen molar-refractivity contribution in [2.45, 2.75) is 19.5 Å². The molecule has 0 saturated carbocycles. The molecule has 2 rings (SSSR count). The summed E-state index contributed by atoms with van der Waals surface area (Å²) in [6, 6.07) is 19.4. The van der Waals surface area contributed by atoms with Crippen molar-refractivity contribution in [2.75, 3.05) is 0 Å². The van der Waals surface area contributed by atoms with E-state index in [0.29, 0.717) is 6.04 Å². The maximum absolute atomic E-state index is 3.55. The van der Waals surface area contributed by atoms with Crippen LogP contribution in [-0.2, 0) is 6.54 Å². The smallest absolute Gasteiger partial charge is 0.0294 e. The third kappa shape index (κ3) is 3.54. The molecule has 0 aliphatic rings. The first-order chi connectivity index (χ1) is 8.27. The summed E-state index contributed by atoms with van der Waals surface area (Å²) in [6.07, 6.45) is 0. The van der Waals surface area contributed by atoms with Gasteiger partial charge in [0.05, 0.1) is 0 Å². The van der Waals surface area contributed by atoms with Crippen molar-refractivity contribution < 1.29 is 0 Å². The minimum Gasteiger partial charge on any atom is -0.306 e. The second kappa shape index (κ2) is 6.17. The summed E-state index contributed by atoms with van der Waals surface area (Å²) in [7, 11) is 0. The molecule has 2 heteroatoms. The van der Waals surface area contributed by atoms with E-state index < -0.39 is 0 Å². The molecule has 0 saturated heterocycles. The van der Waals surface area contributed by atoms with Crippen molar-refractivity contribution in [3.05, 3.63) is 69.3 Å². The van der Waals surface area contributed by atoms with Gasteiger partial charge in [-0.15, -0.1) is 0 Å². The lowest BCUT2D eigenvalue weighted by Crippen LogP contribution is -2.18. The highest BCUT2D eigenvalue weighted by atomic mass is 127. The van der Waals surface area contributed by atoms with E-state index in [1.54, 1.807) is 0 Å². The molecule has 0 aliphatic carbocycles. The van der Waals surface area contributed by atoms with Crippen LogP contribution in [-0.4, -0.2) is 0 Å². The average Bonchev–Trinajstić information content (AvgIpc) is 2.38. The molecule has 0 radical (unpaired) electrons. The minimum atomic E-state index is 0.382. The lowest BCUT2D eigenvalue weighted by atomic mass is 10.1. The normalized spacial score (nSPS) is 12.4. The Balaban J connectivity index is 1.97. The molecule has 0 fully saturated rings. The van der Waals surface area contributed by atoms with Gasteiger partial charge in [0.15, 0.2) is 0 Å². The van der Waals surface area contributed by atoms with Crippen molar-refractivity contribution in [1.82, 2.24) is 5.32 Å². The fourth-order valence-electron chi connectivity index (χ4n) is 1.76. The Bertz CT molecular complexity index is 467. The Kier molecular flexibility index (Phi) is 4.57. The van der Waals surface area contributed by atoms with E-state index in [9.17, 15) is 0 Å². The molecule has 1 unspecified atom stereocenters. The summed E-state index contributed by atoms with van der Waals surface area (Å²) in [5.74, 6) is 0. The van der Waals surface area contributed by atoms with Crippen LogP contribution in [0.1, 0.15) is 24.1 Å². The van der Waals surface area contributed by atoms with Crippen LogP contribution >= 0.6 is 22.6 Å². The zero-order valence-electron chi connectivity index (χ0n) is 9.86. The summed E-state index contributed by atoms with van der Waals surface area (Å²) < 4.78 is 1.32. The van der Waals surface area contributed by atoms with Crippen LogP contribution in [0.5, 0.6) is 0 Å². The maximum Gasteiger partial charge on any atom is 0.0294 e. The van der Waals surface area contributed by atoms with Crippen LogP contribution in [0, 0.1) is 3.57 Å². The van der Waals surface area contributed by atoms with E-state index in [1.807, 2.05) is 0 Å². The van der Waals surface area contributed by atoms with Crippen LogP contribution in [0.15, 0.2) is 54.6 Å². The predicted octanol–water partition coefficient (Wildman–Crippen LogP) is 4.14. The quantitative estimate of drug-likeness (QED) is 0.827. The fraction of sp³-hybridized carbons (Fsp3) is 0.200. The summed E-state index contributed by atoms with van der Waals surface area (Å²) >= 11 is 2.38.